The Hall–Kier alpha value is -0.690. The van der Waals surface area contributed by atoms with Crippen LogP contribution in [0.25, 0.3) is 0 Å². The fourth-order valence-corrected chi connectivity index (χ4v) is 4.66. The van der Waals surface area contributed by atoms with Crippen molar-refractivity contribution in [2.75, 3.05) is 20.1 Å². The van der Waals surface area contributed by atoms with E-state index in [0.29, 0.717) is 23.8 Å². The van der Waals surface area contributed by atoms with Gasteiger partial charge in [-0.15, -0.1) is 11.3 Å². The number of nitrogens with one attached hydrogen (secondary N) is 1. The van der Waals surface area contributed by atoms with Gasteiger partial charge < -0.3 is 5.32 Å². The number of hydrogen-bond donors (Lipinski definition) is 1. The zero-order chi connectivity index (χ0) is 12.3. The van der Waals surface area contributed by atoms with Crippen LogP contribution in [-0.2, 0) is 16.6 Å². The molecule has 0 atom stereocenters. The number of hydrogen-bond acceptors (Lipinski definition) is 4. The molecule has 1 aliphatic heterocycles. The Morgan fingerprint density at radius 1 is 1.41 bits per heavy atom. The lowest BCUT2D eigenvalue weighted by Crippen LogP contribution is -2.33. The zero-order valence-electron chi connectivity index (χ0n) is 9.72. The van der Waals surface area contributed by atoms with E-state index in [-0.39, 0.29) is 0 Å². The summed E-state index contributed by atoms with van der Waals surface area (Å²) in [5.74, 6) is 0. The highest BCUT2D eigenvalue weighted by atomic mass is 32.2. The first kappa shape index (κ1) is 12.8. The van der Waals surface area contributed by atoms with Crippen molar-refractivity contribution in [3.8, 4) is 0 Å². The molecule has 0 saturated heterocycles. The SMILES string of the molecule is CNCc1ccc(S(=O)(=O)N2CC=CCC2)s1. The maximum absolute atomic E-state index is 12.3. The van der Waals surface area contributed by atoms with E-state index in [0.717, 1.165) is 11.3 Å². The van der Waals surface area contributed by atoms with Crippen LogP contribution in [0.3, 0.4) is 0 Å². The Bertz CT molecular complexity index is 505. The normalized spacial score (nSPS) is 17.5. The van der Waals surface area contributed by atoms with E-state index in [4.69, 9.17) is 0 Å². The van der Waals surface area contributed by atoms with Gasteiger partial charge in [-0.25, -0.2) is 8.42 Å². The van der Waals surface area contributed by atoms with Gasteiger partial charge in [0, 0.05) is 24.5 Å². The molecule has 17 heavy (non-hydrogen) atoms. The average Bonchev–Trinajstić information content (AvgIpc) is 2.80. The molecule has 1 aliphatic rings. The third-order valence-corrected chi connectivity index (χ3v) is 6.02. The van der Waals surface area contributed by atoms with Gasteiger partial charge >= 0.3 is 0 Å². The van der Waals surface area contributed by atoms with Gasteiger partial charge in [-0.2, -0.15) is 4.31 Å². The molecule has 0 aromatic carbocycles. The van der Waals surface area contributed by atoms with Gasteiger partial charge in [-0.05, 0) is 25.6 Å². The van der Waals surface area contributed by atoms with Crippen LogP contribution in [0.5, 0.6) is 0 Å². The van der Waals surface area contributed by atoms with Crippen molar-refractivity contribution in [3.05, 3.63) is 29.2 Å². The predicted octanol–water partition coefficient (Wildman–Crippen LogP) is 1.42. The van der Waals surface area contributed by atoms with Gasteiger partial charge in [-0.1, -0.05) is 12.2 Å². The van der Waals surface area contributed by atoms with Crippen molar-refractivity contribution >= 4 is 21.4 Å². The molecule has 0 fully saturated rings. The summed E-state index contributed by atoms with van der Waals surface area (Å²) in [5.41, 5.74) is 0. The van der Waals surface area contributed by atoms with Crippen LogP contribution in [0.15, 0.2) is 28.5 Å². The van der Waals surface area contributed by atoms with Gasteiger partial charge in [0.15, 0.2) is 0 Å². The highest BCUT2D eigenvalue weighted by Crippen LogP contribution is 2.25. The minimum absolute atomic E-state index is 0.443. The van der Waals surface area contributed by atoms with E-state index >= 15 is 0 Å². The van der Waals surface area contributed by atoms with Crippen molar-refractivity contribution in [1.29, 1.82) is 0 Å². The van der Waals surface area contributed by atoms with Gasteiger partial charge in [-0.3, -0.25) is 0 Å². The Kier molecular flexibility index (Phi) is 3.98. The first-order valence-electron chi connectivity index (χ1n) is 5.53. The first-order chi connectivity index (χ1) is 8.14. The third kappa shape index (κ3) is 2.77. The predicted molar refractivity (Wildman–Crippen MR) is 69.6 cm³/mol. The van der Waals surface area contributed by atoms with Crippen molar-refractivity contribution in [2.45, 2.75) is 17.2 Å². The van der Waals surface area contributed by atoms with Crippen LogP contribution in [0.2, 0.25) is 0 Å². The van der Waals surface area contributed by atoms with Gasteiger partial charge in [0.05, 0.1) is 0 Å². The van der Waals surface area contributed by atoms with Crippen LogP contribution in [0, 0.1) is 0 Å². The minimum Gasteiger partial charge on any atom is -0.315 e. The van der Waals surface area contributed by atoms with Crippen LogP contribution >= 0.6 is 11.3 Å². The van der Waals surface area contributed by atoms with Crippen LogP contribution < -0.4 is 5.32 Å². The molecule has 2 rings (SSSR count). The Labute approximate surface area is 106 Å². The molecule has 0 aliphatic carbocycles. The summed E-state index contributed by atoms with van der Waals surface area (Å²) < 4.78 is 26.5. The highest BCUT2D eigenvalue weighted by Gasteiger charge is 2.25. The maximum atomic E-state index is 12.3. The standard InChI is InChI=1S/C11H16N2O2S2/c1-12-9-10-5-6-11(16-10)17(14,15)13-7-3-2-4-8-13/h2-3,5-6,12H,4,7-9H2,1H3. The maximum Gasteiger partial charge on any atom is 0.252 e. The molecule has 6 heteroatoms. The van der Waals surface area contributed by atoms with E-state index < -0.39 is 10.0 Å². The summed E-state index contributed by atoms with van der Waals surface area (Å²) >= 11 is 1.34. The summed E-state index contributed by atoms with van der Waals surface area (Å²) in [6, 6.07) is 3.57. The van der Waals surface area contributed by atoms with Crippen LogP contribution in [-0.4, -0.2) is 32.9 Å². The Balaban J connectivity index is 2.21. The average molecular weight is 272 g/mol. The monoisotopic (exact) mass is 272 g/mol. The largest absolute Gasteiger partial charge is 0.315 e. The van der Waals surface area contributed by atoms with Crippen LogP contribution in [0.4, 0.5) is 0 Å². The summed E-state index contributed by atoms with van der Waals surface area (Å²) in [6.07, 6.45) is 4.73. The quantitative estimate of drug-likeness (QED) is 0.843. The minimum atomic E-state index is -3.29. The van der Waals surface area contributed by atoms with E-state index in [1.54, 1.807) is 6.07 Å². The molecule has 0 unspecified atom stereocenters. The smallest absolute Gasteiger partial charge is 0.252 e. The first-order valence-corrected chi connectivity index (χ1v) is 7.78. The fraction of sp³-hybridized carbons (Fsp3) is 0.455. The lowest BCUT2D eigenvalue weighted by Gasteiger charge is -2.21. The fourth-order valence-electron chi connectivity index (χ4n) is 1.73. The number of sulfonamides is 1. The Morgan fingerprint density at radius 2 is 2.24 bits per heavy atom. The molecule has 0 amide bonds. The molecule has 0 radical (unpaired) electrons. The molecule has 94 valence electrons. The lowest BCUT2D eigenvalue weighted by molar-refractivity contribution is 0.439. The summed E-state index contributed by atoms with van der Waals surface area (Å²) in [7, 11) is -1.44. The molecular formula is C11H16N2O2S2. The van der Waals surface area contributed by atoms with Crippen molar-refractivity contribution < 1.29 is 8.42 Å². The molecule has 2 heterocycles. The van der Waals surface area contributed by atoms with E-state index in [1.165, 1.54) is 15.6 Å². The zero-order valence-corrected chi connectivity index (χ0v) is 11.4. The second-order valence-corrected chi connectivity index (χ2v) is 7.21. The summed E-state index contributed by atoms with van der Waals surface area (Å²) in [4.78, 5) is 1.04. The number of thiophene rings is 1. The second-order valence-electron chi connectivity index (χ2n) is 3.87. The van der Waals surface area contributed by atoms with E-state index in [9.17, 15) is 8.42 Å². The molecule has 0 bridgehead atoms. The van der Waals surface area contributed by atoms with Crippen LogP contribution in [0.1, 0.15) is 11.3 Å². The molecule has 1 aromatic rings. The lowest BCUT2D eigenvalue weighted by atomic mass is 10.3. The molecule has 0 spiro atoms. The van der Waals surface area contributed by atoms with Crippen molar-refractivity contribution in [2.24, 2.45) is 0 Å². The molecule has 1 aromatic heterocycles. The molecule has 1 N–H and O–H groups in total. The highest BCUT2D eigenvalue weighted by molar-refractivity contribution is 7.91. The van der Waals surface area contributed by atoms with Crippen molar-refractivity contribution in [1.82, 2.24) is 9.62 Å². The molecular weight excluding hydrogens is 256 g/mol. The third-order valence-electron chi connectivity index (χ3n) is 2.60. The molecule has 4 nitrogen and oxygen atoms in total. The number of nitrogens with zero attached hydrogens (tertiary/aromatic N) is 1. The van der Waals surface area contributed by atoms with E-state index in [2.05, 4.69) is 5.32 Å². The van der Waals surface area contributed by atoms with Gasteiger partial charge in [0.2, 0.25) is 0 Å². The van der Waals surface area contributed by atoms with Gasteiger partial charge in [0.25, 0.3) is 10.0 Å². The Morgan fingerprint density at radius 3 is 2.88 bits per heavy atom. The van der Waals surface area contributed by atoms with Crippen molar-refractivity contribution in [3.63, 3.8) is 0 Å². The topological polar surface area (TPSA) is 49.4 Å². The summed E-state index contributed by atoms with van der Waals surface area (Å²) in [6.45, 7) is 1.78. The van der Waals surface area contributed by atoms with E-state index in [1.807, 2.05) is 25.3 Å². The molecule has 0 saturated carbocycles. The summed E-state index contributed by atoms with van der Waals surface area (Å²) in [5, 5.41) is 3.02. The number of rotatable bonds is 4. The van der Waals surface area contributed by atoms with Gasteiger partial charge in [0.1, 0.15) is 4.21 Å². The second kappa shape index (κ2) is 5.30.